The number of hydrogen-bond donors (Lipinski definition) is 1. The molecule has 31 heavy (non-hydrogen) atoms. The molecule has 0 spiro atoms. The van der Waals surface area contributed by atoms with E-state index < -0.39 is 11.7 Å². The van der Waals surface area contributed by atoms with Gasteiger partial charge in [-0.25, -0.2) is 4.98 Å². The van der Waals surface area contributed by atoms with Gasteiger partial charge < -0.3 is 15.4 Å². The fraction of sp³-hybridized carbons (Fsp3) is 0.318. The van der Waals surface area contributed by atoms with Crippen molar-refractivity contribution in [2.24, 2.45) is 0 Å². The standard InChI is InChI=1S/C22H21F3N4O2/c1-3-29(10-15-6-5-14(9-27-15)22(23,24)25)21(30)13-4-7-18-16(8-13)17-11-31-12(2)19(17)20(26)28-18/h4-9,12H,3,10-11H2,1-2H3,(H2,26,28)/t12-/m0/s1. The molecule has 162 valence electrons. The van der Waals surface area contributed by atoms with Crippen LogP contribution in [0.15, 0.2) is 36.5 Å². The van der Waals surface area contributed by atoms with Gasteiger partial charge in [0.25, 0.3) is 5.91 Å². The quantitative estimate of drug-likeness (QED) is 0.660. The number of aromatic nitrogens is 2. The lowest BCUT2D eigenvalue weighted by Gasteiger charge is -2.21. The first kappa shape index (κ1) is 21.0. The monoisotopic (exact) mass is 430 g/mol. The number of nitrogens with two attached hydrogens (primary N) is 1. The molecular weight excluding hydrogens is 409 g/mol. The number of carbonyl (C=O) groups is 1. The summed E-state index contributed by atoms with van der Waals surface area (Å²) in [6.45, 7) is 4.57. The van der Waals surface area contributed by atoms with Gasteiger partial charge in [0, 0.05) is 29.3 Å². The SMILES string of the molecule is CCN(Cc1ccc(C(F)(F)F)cn1)C(=O)c1ccc2nc(N)c3c(c2c1)CO[C@H]3C. The summed E-state index contributed by atoms with van der Waals surface area (Å²) in [5.74, 6) is 0.179. The fourth-order valence-corrected chi connectivity index (χ4v) is 3.79. The van der Waals surface area contributed by atoms with Crippen molar-refractivity contribution in [1.82, 2.24) is 14.9 Å². The maximum atomic E-state index is 13.1. The third kappa shape index (κ3) is 3.93. The molecule has 1 aliphatic heterocycles. The minimum absolute atomic E-state index is 0.101. The van der Waals surface area contributed by atoms with Crippen molar-refractivity contribution in [3.05, 3.63) is 64.5 Å². The van der Waals surface area contributed by atoms with E-state index in [2.05, 4.69) is 9.97 Å². The number of benzene rings is 1. The third-order valence-corrected chi connectivity index (χ3v) is 5.47. The van der Waals surface area contributed by atoms with Gasteiger partial charge in [0.05, 0.1) is 36.0 Å². The Hall–Kier alpha value is -3.20. The number of alkyl halides is 3. The zero-order valence-corrected chi connectivity index (χ0v) is 17.0. The van der Waals surface area contributed by atoms with Gasteiger partial charge in [-0.05, 0) is 49.7 Å². The largest absolute Gasteiger partial charge is 0.417 e. The zero-order valence-electron chi connectivity index (χ0n) is 17.0. The van der Waals surface area contributed by atoms with E-state index in [1.807, 2.05) is 6.92 Å². The lowest BCUT2D eigenvalue weighted by atomic mass is 10.00. The number of hydrogen-bond acceptors (Lipinski definition) is 5. The van der Waals surface area contributed by atoms with Gasteiger partial charge in [0.15, 0.2) is 0 Å². The van der Waals surface area contributed by atoms with Crippen molar-refractivity contribution in [3.8, 4) is 0 Å². The van der Waals surface area contributed by atoms with Gasteiger partial charge in [-0.2, -0.15) is 13.2 Å². The molecule has 0 saturated heterocycles. The number of anilines is 1. The summed E-state index contributed by atoms with van der Waals surface area (Å²) in [5, 5.41) is 0.808. The highest BCUT2D eigenvalue weighted by Crippen LogP contribution is 2.38. The predicted octanol–water partition coefficient (Wildman–Crippen LogP) is 4.48. The molecule has 6 nitrogen and oxygen atoms in total. The van der Waals surface area contributed by atoms with Gasteiger partial charge in [-0.3, -0.25) is 9.78 Å². The van der Waals surface area contributed by atoms with Crippen molar-refractivity contribution in [2.75, 3.05) is 12.3 Å². The van der Waals surface area contributed by atoms with Crippen molar-refractivity contribution < 1.29 is 22.7 Å². The van der Waals surface area contributed by atoms with Crippen LogP contribution >= 0.6 is 0 Å². The number of nitrogens with zero attached hydrogens (tertiary/aromatic N) is 3. The van der Waals surface area contributed by atoms with E-state index in [0.29, 0.717) is 35.7 Å². The van der Waals surface area contributed by atoms with Crippen LogP contribution in [0.5, 0.6) is 0 Å². The summed E-state index contributed by atoms with van der Waals surface area (Å²) in [6.07, 6.45) is -3.83. The van der Waals surface area contributed by atoms with Crippen LogP contribution in [-0.4, -0.2) is 27.3 Å². The Bertz CT molecular complexity index is 1150. The molecule has 1 atom stereocenters. The molecule has 1 aromatic carbocycles. The Morgan fingerprint density at radius 2 is 2.06 bits per heavy atom. The van der Waals surface area contributed by atoms with Crippen LogP contribution in [0, 0.1) is 0 Å². The minimum atomic E-state index is -4.45. The van der Waals surface area contributed by atoms with Crippen LogP contribution in [0.25, 0.3) is 10.9 Å². The van der Waals surface area contributed by atoms with E-state index in [-0.39, 0.29) is 18.6 Å². The molecule has 1 aliphatic rings. The summed E-state index contributed by atoms with van der Waals surface area (Å²) < 4.78 is 43.9. The van der Waals surface area contributed by atoms with Gasteiger partial charge in [0.2, 0.25) is 0 Å². The summed E-state index contributed by atoms with van der Waals surface area (Å²) in [4.78, 5) is 23.0. The Morgan fingerprint density at radius 1 is 1.29 bits per heavy atom. The lowest BCUT2D eigenvalue weighted by Crippen LogP contribution is -2.30. The van der Waals surface area contributed by atoms with E-state index in [4.69, 9.17) is 10.5 Å². The Kier molecular flexibility index (Phi) is 5.30. The number of nitrogen functional groups attached to an aromatic ring is 1. The van der Waals surface area contributed by atoms with Crippen LogP contribution in [0.1, 0.15) is 52.7 Å². The van der Waals surface area contributed by atoms with Crippen LogP contribution in [0.4, 0.5) is 19.0 Å². The van der Waals surface area contributed by atoms with E-state index in [9.17, 15) is 18.0 Å². The highest BCUT2D eigenvalue weighted by Gasteiger charge is 2.31. The van der Waals surface area contributed by atoms with Crippen LogP contribution in [0.2, 0.25) is 0 Å². The molecule has 0 unspecified atom stereocenters. The second kappa shape index (κ2) is 7.81. The molecule has 4 rings (SSSR count). The Labute approximate surface area is 176 Å². The number of carbonyl (C=O) groups excluding carboxylic acids is 1. The van der Waals surface area contributed by atoms with Crippen molar-refractivity contribution in [1.29, 1.82) is 0 Å². The van der Waals surface area contributed by atoms with Gasteiger partial charge in [-0.15, -0.1) is 0 Å². The number of ether oxygens (including phenoxy) is 1. The van der Waals surface area contributed by atoms with E-state index in [0.717, 1.165) is 28.8 Å². The number of pyridine rings is 2. The van der Waals surface area contributed by atoms with Gasteiger partial charge in [0.1, 0.15) is 5.82 Å². The molecule has 0 fully saturated rings. The number of halogens is 3. The molecule has 0 bridgehead atoms. The first-order chi connectivity index (χ1) is 14.7. The molecule has 2 N–H and O–H groups in total. The number of fused-ring (bicyclic) bond motifs is 3. The highest BCUT2D eigenvalue weighted by molar-refractivity contribution is 5.99. The van der Waals surface area contributed by atoms with E-state index in [1.54, 1.807) is 25.1 Å². The smallest absolute Gasteiger partial charge is 0.383 e. The van der Waals surface area contributed by atoms with Crippen molar-refractivity contribution in [2.45, 2.75) is 39.3 Å². The molecule has 0 saturated carbocycles. The highest BCUT2D eigenvalue weighted by atomic mass is 19.4. The summed E-state index contributed by atoms with van der Waals surface area (Å²) in [6, 6.07) is 7.44. The van der Waals surface area contributed by atoms with Crippen molar-refractivity contribution >= 4 is 22.6 Å². The van der Waals surface area contributed by atoms with E-state index in [1.165, 1.54) is 11.0 Å². The first-order valence-electron chi connectivity index (χ1n) is 9.84. The third-order valence-electron chi connectivity index (χ3n) is 5.47. The average Bonchev–Trinajstić information content (AvgIpc) is 3.13. The number of amides is 1. The second-order valence-corrected chi connectivity index (χ2v) is 7.43. The lowest BCUT2D eigenvalue weighted by molar-refractivity contribution is -0.137. The maximum Gasteiger partial charge on any atom is 0.417 e. The molecule has 3 heterocycles. The number of rotatable bonds is 4. The summed E-state index contributed by atoms with van der Waals surface area (Å²) in [5.41, 5.74) is 8.54. The molecular formula is C22H21F3N4O2. The Morgan fingerprint density at radius 3 is 2.71 bits per heavy atom. The summed E-state index contributed by atoms with van der Waals surface area (Å²) >= 11 is 0. The average molecular weight is 430 g/mol. The molecule has 0 radical (unpaired) electrons. The van der Waals surface area contributed by atoms with Gasteiger partial charge >= 0.3 is 6.18 Å². The van der Waals surface area contributed by atoms with Crippen molar-refractivity contribution in [3.63, 3.8) is 0 Å². The predicted molar refractivity (Wildman–Crippen MR) is 109 cm³/mol. The zero-order chi connectivity index (χ0) is 22.3. The minimum Gasteiger partial charge on any atom is -0.383 e. The Balaban J connectivity index is 1.62. The second-order valence-electron chi connectivity index (χ2n) is 7.43. The normalized spacial score (nSPS) is 15.8. The van der Waals surface area contributed by atoms with E-state index >= 15 is 0 Å². The fourth-order valence-electron chi connectivity index (χ4n) is 3.79. The molecule has 1 amide bonds. The summed E-state index contributed by atoms with van der Waals surface area (Å²) in [7, 11) is 0. The van der Waals surface area contributed by atoms with Crippen LogP contribution in [0.3, 0.4) is 0 Å². The molecule has 3 aromatic rings. The first-order valence-corrected chi connectivity index (χ1v) is 9.84. The maximum absolute atomic E-state index is 13.1. The molecule has 0 aliphatic carbocycles. The molecule has 9 heteroatoms. The topological polar surface area (TPSA) is 81.3 Å². The molecule has 2 aromatic heterocycles. The van der Waals surface area contributed by atoms with Crippen LogP contribution < -0.4 is 5.73 Å². The van der Waals surface area contributed by atoms with Gasteiger partial charge in [-0.1, -0.05) is 0 Å². The van der Waals surface area contributed by atoms with Crippen LogP contribution in [-0.2, 0) is 24.1 Å².